The average molecular weight is 406 g/mol. The van der Waals surface area contributed by atoms with Crippen molar-refractivity contribution in [1.82, 2.24) is 24.2 Å². The summed E-state index contributed by atoms with van der Waals surface area (Å²) in [5, 5.41) is 8.24. The standard InChI is InChI=1S/C19H27N5O3S/c1-14(2)24-17-9-8-15(13-16(17)20-21-24)28(26,27)23-12-6-7-18(23)19(25)22-10-4-3-5-11-22/h8-9,13-14,18H,3-7,10-12H2,1-2H3. The third-order valence-electron chi connectivity index (χ3n) is 5.69. The average Bonchev–Trinajstić information content (AvgIpc) is 3.35. The smallest absolute Gasteiger partial charge is 0.243 e. The van der Waals surface area contributed by atoms with Crippen LogP contribution in [0.2, 0.25) is 0 Å². The SMILES string of the molecule is CC(C)n1nnc2cc(S(=O)(=O)N3CCCC3C(=O)N3CCCCC3)ccc21. The predicted octanol–water partition coefficient (Wildman–Crippen LogP) is 2.18. The van der Waals surface area contributed by atoms with Gasteiger partial charge in [-0.25, -0.2) is 13.1 Å². The van der Waals surface area contributed by atoms with Crippen molar-refractivity contribution in [3.05, 3.63) is 18.2 Å². The Morgan fingerprint density at radius 1 is 1.11 bits per heavy atom. The molecule has 2 fully saturated rings. The van der Waals surface area contributed by atoms with E-state index < -0.39 is 16.1 Å². The molecular weight excluding hydrogens is 378 g/mol. The van der Waals surface area contributed by atoms with Gasteiger partial charge in [-0.2, -0.15) is 4.31 Å². The molecule has 0 spiro atoms. The topological polar surface area (TPSA) is 88.4 Å². The summed E-state index contributed by atoms with van der Waals surface area (Å²) in [7, 11) is -3.77. The van der Waals surface area contributed by atoms with Gasteiger partial charge in [-0.15, -0.1) is 5.10 Å². The fraction of sp³-hybridized carbons (Fsp3) is 0.632. The fourth-order valence-corrected chi connectivity index (χ4v) is 5.87. The maximum atomic E-state index is 13.3. The Balaban J connectivity index is 1.63. The lowest BCUT2D eigenvalue weighted by atomic mass is 10.1. The number of nitrogens with zero attached hydrogens (tertiary/aromatic N) is 5. The lowest BCUT2D eigenvalue weighted by Gasteiger charge is -2.32. The van der Waals surface area contributed by atoms with Gasteiger partial charge in [0.25, 0.3) is 0 Å². The summed E-state index contributed by atoms with van der Waals surface area (Å²) >= 11 is 0. The highest BCUT2D eigenvalue weighted by Gasteiger charge is 2.41. The first-order valence-electron chi connectivity index (χ1n) is 10.0. The number of rotatable bonds is 4. The number of amides is 1. The van der Waals surface area contributed by atoms with Crippen molar-refractivity contribution in [3.63, 3.8) is 0 Å². The van der Waals surface area contributed by atoms with E-state index in [4.69, 9.17) is 0 Å². The molecule has 1 aromatic carbocycles. The Kier molecular flexibility index (Phi) is 5.13. The number of aromatic nitrogens is 3. The third kappa shape index (κ3) is 3.30. The minimum atomic E-state index is -3.77. The van der Waals surface area contributed by atoms with Crippen LogP contribution in [0.1, 0.15) is 52.0 Å². The molecule has 4 rings (SSSR count). The minimum Gasteiger partial charge on any atom is -0.341 e. The van der Waals surface area contributed by atoms with Gasteiger partial charge in [-0.1, -0.05) is 5.21 Å². The number of piperidine rings is 1. The molecule has 2 saturated heterocycles. The second-order valence-corrected chi connectivity index (χ2v) is 9.83. The van der Waals surface area contributed by atoms with Gasteiger partial charge in [0.15, 0.2) is 0 Å². The van der Waals surface area contributed by atoms with Crippen LogP contribution in [0.15, 0.2) is 23.1 Å². The van der Waals surface area contributed by atoms with Crippen LogP contribution in [-0.4, -0.2) is 64.2 Å². The summed E-state index contributed by atoms with van der Waals surface area (Å²) in [5.41, 5.74) is 1.35. The molecule has 0 aliphatic carbocycles. The van der Waals surface area contributed by atoms with Gasteiger partial charge in [-0.3, -0.25) is 4.79 Å². The van der Waals surface area contributed by atoms with Crippen LogP contribution >= 0.6 is 0 Å². The molecule has 8 nitrogen and oxygen atoms in total. The zero-order valence-electron chi connectivity index (χ0n) is 16.4. The van der Waals surface area contributed by atoms with Crippen molar-refractivity contribution in [2.24, 2.45) is 0 Å². The number of hydrogen-bond donors (Lipinski definition) is 0. The Labute approximate surface area is 165 Å². The van der Waals surface area contributed by atoms with Crippen molar-refractivity contribution in [3.8, 4) is 0 Å². The van der Waals surface area contributed by atoms with Crippen LogP contribution in [0.3, 0.4) is 0 Å². The van der Waals surface area contributed by atoms with Crippen molar-refractivity contribution < 1.29 is 13.2 Å². The summed E-state index contributed by atoms with van der Waals surface area (Å²) in [6.07, 6.45) is 4.41. The summed E-state index contributed by atoms with van der Waals surface area (Å²) in [4.78, 5) is 15.0. The molecule has 1 amide bonds. The highest BCUT2D eigenvalue weighted by molar-refractivity contribution is 7.89. The number of carbonyl (C=O) groups is 1. The number of likely N-dealkylation sites (tertiary alicyclic amines) is 1. The van der Waals surface area contributed by atoms with Crippen LogP contribution in [0, 0.1) is 0 Å². The van der Waals surface area contributed by atoms with Gasteiger partial charge < -0.3 is 4.90 Å². The second kappa shape index (κ2) is 7.44. The van der Waals surface area contributed by atoms with E-state index in [2.05, 4.69) is 10.3 Å². The van der Waals surface area contributed by atoms with Gasteiger partial charge in [-0.05, 0) is 64.2 Å². The maximum absolute atomic E-state index is 13.3. The molecule has 1 unspecified atom stereocenters. The van der Waals surface area contributed by atoms with Gasteiger partial charge in [0.2, 0.25) is 15.9 Å². The van der Waals surface area contributed by atoms with Crippen LogP contribution in [0.5, 0.6) is 0 Å². The zero-order valence-corrected chi connectivity index (χ0v) is 17.2. The van der Waals surface area contributed by atoms with E-state index >= 15 is 0 Å². The molecule has 0 saturated carbocycles. The molecule has 1 aromatic heterocycles. The van der Waals surface area contributed by atoms with E-state index in [1.807, 2.05) is 18.7 Å². The van der Waals surface area contributed by atoms with E-state index in [-0.39, 0.29) is 16.8 Å². The lowest BCUT2D eigenvalue weighted by molar-refractivity contribution is -0.135. The summed E-state index contributed by atoms with van der Waals surface area (Å²) < 4.78 is 29.8. The molecule has 1 atom stereocenters. The molecular formula is C19H27N5O3S. The first-order chi connectivity index (χ1) is 13.4. The molecule has 152 valence electrons. The van der Waals surface area contributed by atoms with Crippen molar-refractivity contribution in [2.75, 3.05) is 19.6 Å². The summed E-state index contributed by atoms with van der Waals surface area (Å²) in [6.45, 7) is 5.84. The second-order valence-electron chi connectivity index (χ2n) is 7.94. The molecule has 28 heavy (non-hydrogen) atoms. The van der Waals surface area contributed by atoms with E-state index in [0.717, 1.165) is 37.9 Å². The number of benzene rings is 1. The molecule has 2 aromatic rings. The van der Waals surface area contributed by atoms with E-state index in [1.54, 1.807) is 22.9 Å². The molecule has 3 heterocycles. The first-order valence-corrected chi connectivity index (χ1v) is 11.5. The predicted molar refractivity (Wildman–Crippen MR) is 105 cm³/mol. The Hall–Kier alpha value is -2.00. The van der Waals surface area contributed by atoms with Crippen molar-refractivity contribution in [1.29, 1.82) is 0 Å². The highest BCUT2D eigenvalue weighted by atomic mass is 32.2. The van der Waals surface area contributed by atoms with Gasteiger partial charge >= 0.3 is 0 Å². The molecule has 2 aliphatic rings. The number of fused-ring (bicyclic) bond motifs is 1. The first kappa shape index (κ1) is 19.3. The van der Waals surface area contributed by atoms with Crippen LogP contribution < -0.4 is 0 Å². The molecule has 0 N–H and O–H groups in total. The maximum Gasteiger partial charge on any atom is 0.243 e. The lowest BCUT2D eigenvalue weighted by Crippen LogP contribution is -2.49. The van der Waals surface area contributed by atoms with Crippen LogP contribution in [-0.2, 0) is 14.8 Å². The molecule has 0 radical (unpaired) electrons. The van der Waals surface area contributed by atoms with Crippen LogP contribution in [0.4, 0.5) is 0 Å². The summed E-state index contributed by atoms with van der Waals surface area (Å²) in [6, 6.07) is 4.46. The molecule has 2 aliphatic heterocycles. The van der Waals surface area contributed by atoms with E-state index in [0.29, 0.717) is 24.9 Å². The molecule has 9 heteroatoms. The normalized spacial score (nSPS) is 21.7. The number of hydrogen-bond acceptors (Lipinski definition) is 5. The van der Waals surface area contributed by atoms with E-state index in [1.165, 1.54) is 4.31 Å². The Bertz CT molecular complexity index is 979. The minimum absolute atomic E-state index is 0.0485. The highest BCUT2D eigenvalue weighted by Crippen LogP contribution is 2.29. The Morgan fingerprint density at radius 3 is 2.57 bits per heavy atom. The fourth-order valence-electron chi connectivity index (χ4n) is 4.20. The van der Waals surface area contributed by atoms with Crippen molar-refractivity contribution >= 4 is 27.0 Å². The van der Waals surface area contributed by atoms with Crippen LogP contribution in [0.25, 0.3) is 11.0 Å². The Morgan fingerprint density at radius 2 is 1.86 bits per heavy atom. The zero-order chi connectivity index (χ0) is 19.9. The van der Waals surface area contributed by atoms with Gasteiger partial charge in [0, 0.05) is 25.7 Å². The van der Waals surface area contributed by atoms with E-state index in [9.17, 15) is 13.2 Å². The van der Waals surface area contributed by atoms with Gasteiger partial charge in [0.1, 0.15) is 11.6 Å². The molecule has 0 bridgehead atoms. The summed E-state index contributed by atoms with van der Waals surface area (Å²) in [5.74, 6) is -0.0485. The quantitative estimate of drug-likeness (QED) is 0.778. The monoisotopic (exact) mass is 405 g/mol. The largest absolute Gasteiger partial charge is 0.341 e. The van der Waals surface area contributed by atoms with Crippen molar-refractivity contribution in [2.45, 2.75) is 62.9 Å². The third-order valence-corrected chi connectivity index (χ3v) is 7.60. The number of carbonyl (C=O) groups excluding carboxylic acids is 1. The number of sulfonamides is 1. The van der Waals surface area contributed by atoms with Gasteiger partial charge in [0.05, 0.1) is 10.4 Å².